The lowest BCUT2D eigenvalue weighted by Crippen LogP contribution is -2.46. The molecule has 2 aromatic rings. The standard InChI is InChI=1S/C19H18F5N2O2/c20-18(21,22)19(23,24)28-17-3-1-2-14(12-17)13-25-8-10-26(11-9-25)15-4-6-16(27)7-5-15/h1-7,12H,8-11,13H2. The lowest BCUT2D eigenvalue weighted by atomic mass is 10.1. The third-order valence-electron chi connectivity index (χ3n) is 4.45. The van der Waals surface area contributed by atoms with E-state index in [1.54, 1.807) is 18.2 Å². The highest BCUT2D eigenvalue weighted by atomic mass is 19.4. The fourth-order valence-electron chi connectivity index (χ4n) is 2.99. The quantitative estimate of drug-likeness (QED) is 0.683. The van der Waals surface area contributed by atoms with Gasteiger partial charge in [0.05, 0.1) is 0 Å². The summed E-state index contributed by atoms with van der Waals surface area (Å²) in [5.74, 6) is -0.586. The Morgan fingerprint density at radius 1 is 0.893 bits per heavy atom. The van der Waals surface area contributed by atoms with Crippen LogP contribution in [0.15, 0.2) is 48.5 Å². The van der Waals surface area contributed by atoms with Gasteiger partial charge in [-0.2, -0.15) is 22.0 Å². The van der Waals surface area contributed by atoms with Crippen molar-refractivity contribution in [2.45, 2.75) is 18.8 Å². The summed E-state index contributed by atoms with van der Waals surface area (Å²) >= 11 is 0. The van der Waals surface area contributed by atoms with Crippen molar-refractivity contribution in [3.63, 3.8) is 0 Å². The minimum atomic E-state index is -5.77. The summed E-state index contributed by atoms with van der Waals surface area (Å²) in [6.07, 6.45) is -11.0. The average molecular weight is 401 g/mol. The number of ether oxygens (including phenoxy) is 1. The zero-order valence-electron chi connectivity index (χ0n) is 14.8. The second kappa shape index (κ2) is 7.83. The second-order valence-electron chi connectivity index (χ2n) is 6.52. The Morgan fingerprint density at radius 2 is 1.54 bits per heavy atom. The number of hydrogen-bond donors (Lipinski definition) is 0. The summed E-state index contributed by atoms with van der Waals surface area (Å²) in [4.78, 5) is 4.19. The number of hydrogen-bond acceptors (Lipinski definition) is 3. The van der Waals surface area contributed by atoms with Crippen molar-refractivity contribution in [3.8, 4) is 11.5 Å². The lowest BCUT2D eigenvalue weighted by Gasteiger charge is -2.36. The zero-order valence-corrected chi connectivity index (χ0v) is 14.8. The predicted octanol–water partition coefficient (Wildman–Crippen LogP) is 4.69. The highest BCUT2D eigenvalue weighted by Crippen LogP contribution is 2.37. The van der Waals surface area contributed by atoms with Crippen molar-refractivity contribution in [2.75, 3.05) is 31.1 Å². The van der Waals surface area contributed by atoms with Gasteiger partial charge in [0.15, 0.2) is 5.75 Å². The number of piperazine rings is 1. The summed E-state index contributed by atoms with van der Waals surface area (Å²) in [5.41, 5.74) is 1.53. The van der Waals surface area contributed by atoms with Gasteiger partial charge >= 0.3 is 12.3 Å². The Morgan fingerprint density at radius 3 is 2.14 bits per heavy atom. The fraction of sp³-hybridized carbons (Fsp3) is 0.368. The van der Waals surface area contributed by atoms with Crippen LogP contribution >= 0.6 is 0 Å². The van der Waals surface area contributed by atoms with E-state index < -0.39 is 18.0 Å². The molecule has 0 saturated carbocycles. The van der Waals surface area contributed by atoms with Gasteiger partial charge in [-0.1, -0.05) is 12.1 Å². The maximum Gasteiger partial charge on any atom is 0.499 e. The van der Waals surface area contributed by atoms with E-state index in [1.165, 1.54) is 24.3 Å². The summed E-state index contributed by atoms with van der Waals surface area (Å²) in [5, 5.41) is 11.2. The Balaban J connectivity index is 1.57. The number of benzene rings is 2. The number of alkyl halides is 5. The molecule has 1 heterocycles. The summed E-state index contributed by atoms with van der Waals surface area (Å²) < 4.78 is 66.8. The first-order valence-electron chi connectivity index (χ1n) is 8.61. The minimum absolute atomic E-state index is 0.0550. The Bertz CT molecular complexity index is 788. The van der Waals surface area contributed by atoms with Gasteiger partial charge in [-0.3, -0.25) is 10.0 Å². The van der Waals surface area contributed by atoms with Crippen LogP contribution in [-0.4, -0.2) is 43.4 Å². The largest absolute Gasteiger partial charge is 0.499 e. The lowest BCUT2D eigenvalue weighted by molar-refractivity contribution is -0.360. The van der Waals surface area contributed by atoms with Crippen LogP contribution in [0.25, 0.3) is 0 Å². The van der Waals surface area contributed by atoms with Crippen LogP contribution in [0.3, 0.4) is 0 Å². The Kier molecular flexibility index (Phi) is 5.64. The summed E-state index contributed by atoms with van der Waals surface area (Å²) in [6, 6.07) is 11.8. The Hall–Kier alpha value is -2.55. The number of halogens is 5. The number of anilines is 1. The molecule has 0 unspecified atom stereocenters. The summed E-state index contributed by atoms with van der Waals surface area (Å²) in [7, 11) is 0. The first-order valence-corrected chi connectivity index (χ1v) is 8.61. The van der Waals surface area contributed by atoms with E-state index >= 15 is 0 Å². The van der Waals surface area contributed by atoms with Gasteiger partial charge in [0.2, 0.25) is 0 Å². The Labute approximate surface area is 158 Å². The first-order chi connectivity index (χ1) is 13.1. The van der Waals surface area contributed by atoms with Crippen molar-refractivity contribution in [1.82, 2.24) is 4.90 Å². The molecule has 4 nitrogen and oxygen atoms in total. The van der Waals surface area contributed by atoms with Crippen molar-refractivity contribution >= 4 is 5.69 Å². The molecule has 2 aromatic carbocycles. The van der Waals surface area contributed by atoms with E-state index in [0.717, 1.165) is 11.8 Å². The van der Waals surface area contributed by atoms with Crippen LogP contribution in [0.1, 0.15) is 5.56 Å². The monoisotopic (exact) mass is 401 g/mol. The first kappa shape index (κ1) is 20.2. The van der Waals surface area contributed by atoms with E-state index in [9.17, 15) is 27.1 Å². The second-order valence-corrected chi connectivity index (χ2v) is 6.52. The van der Waals surface area contributed by atoms with Gasteiger partial charge in [0.25, 0.3) is 0 Å². The maximum atomic E-state index is 13.1. The third kappa shape index (κ3) is 4.83. The molecule has 1 fully saturated rings. The molecular weight excluding hydrogens is 383 g/mol. The number of nitrogens with zero attached hydrogens (tertiary/aromatic N) is 2. The molecule has 0 amide bonds. The SMILES string of the molecule is [O]c1ccc(N2CCN(Cc3cccc(OC(F)(F)C(F)(F)F)c3)CC2)cc1. The highest BCUT2D eigenvalue weighted by Gasteiger charge is 2.61. The van der Waals surface area contributed by atoms with E-state index in [0.29, 0.717) is 38.3 Å². The van der Waals surface area contributed by atoms with E-state index in [2.05, 4.69) is 14.5 Å². The molecule has 0 aromatic heterocycles. The summed E-state index contributed by atoms with van der Waals surface area (Å²) in [6.45, 7) is 3.19. The molecule has 9 heteroatoms. The number of rotatable bonds is 5. The van der Waals surface area contributed by atoms with Crippen molar-refractivity contribution in [1.29, 1.82) is 0 Å². The molecule has 1 aliphatic heterocycles. The molecular formula is C19H18F5N2O2. The van der Waals surface area contributed by atoms with Gasteiger partial charge in [-0.05, 0) is 42.0 Å². The molecule has 0 aliphatic carbocycles. The van der Waals surface area contributed by atoms with Gasteiger partial charge in [-0.25, -0.2) is 0 Å². The van der Waals surface area contributed by atoms with Crippen molar-refractivity contribution < 1.29 is 31.8 Å². The van der Waals surface area contributed by atoms with Gasteiger partial charge < -0.3 is 9.64 Å². The van der Waals surface area contributed by atoms with Crippen LogP contribution in [0.5, 0.6) is 11.5 Å². The molecule has 1 aliphatic rings. The molecule has 28 heavy (non-hydrogen) atoms. The van der Waals surface area contributed by atoms with Crippen LogP contribution in [-0.2, 0) is 11.7 Å². The molecule has 0 atom stereocenters. The van der Waals surface area contributed by atoms with Crippen LogP contribution < -0.4 is 9.64 Å². The molecule has 0 N–H and O–H groups in total. The zero-order chi connectivity index (χ0) is 20.4. The van der Waals surface area contributed by atoms with Crippen molar-refractivity contribution in [3.05, 3.63) is 54.1 Å². The third-order valence-corrected chi connectivity index (χ3v) is 4.45. The molecule has 0 spiro atoms. The molecule has 0 bridgehead atoms. The topological polar surface area (TPSA) is 35.6 Å². The average Bonchev–Trinajstić information content (AvgIpc) is 2.62. The van der Waals surface area contributed by atoms with Gasteiger partial charge in [0, 0.05) is 38.4 Å². The van der Waals surface area contributed by atoms with Gasteiger partial charge in [-0.15, -0.1) is 0 Å². The fourth-order valence-corrected chi connectivity index (χ4v) is 2.99. The van der Waals surface area contributed by atoms with E-state index in [1.807, 2.05) is 0 Å². The van der Waals surface area contributed by atoms with Gasteiger partial charge in [0.1, 0.15) is 5.75 Å². The molecule has 151 valence electrons. The molecule has 1 saturated heterocycles. The highest BCUT2D eigenvalue weighted by molar-refractivity contribution is 5.49. The smallest absolute Gasteiger partial charge is 0.426 e. The molecule has 3 rings (SSSR count). The van der Waals surface area contributed by atoms with Crippen LogP contribution in [0.4, 0.5) is 27.6 Å². The predicted molar refractivity (Wildman–Crippen MR) is 92.1 cm³/mol. The van der Waals surface area contributed by atoms with E-state index in [-0.39, 0.29) is 5.75 Å². The van der Waals surface area contributed by atoms with Crippen molar-refractivity contribution in [2.24, 2.45) is 0 Å². The molecule has 1 radical (unpaired) electrons. The van der Waals surface area contributed by atoms with E-state index in [4.69, 9.17) is 0 Å². The maximum absolute atomic E-state index is 13.1. The van der Waals surface area contributed by atoms with Crippen LogP contribution in [0, 0.1) is 0 Å². The van der Waals surface area contributed by atoms with Crippen LogP contribution in [0.2, 0.25) is 0 Å². The minimum Gasteiger partial charge on any atom is -0.426 e. The normalized spacial score (nSPS) is 16.2.